The number of aliphatic imine (C=N–C) groups is 1. The number of likely N-dealkylation sites (N-methyl/N-ethyl adjacent to an activating group) is 1. The lowest BCUT2D eigenvalue weighted by molar-refractivity contribution is -0.682. The third-order valence-electron chi connectivity index (χ3n) is 6.77. The molecule has 33 heavy (non-hydrogen) atoms. The SMILES string of the molecule is COc1cccc(-n2c(C)c(C)[n+]3c2N=C2C3C(=O)N(CCN3CCOCC3)C(=O)N2C)c1. The van der Waals surface area contributed by atoms with Crippen LogP contribution in [-0.2, 0) is 9.53 Å². The Morgan fingerprint density at radius 1 is 1.18 bits per heavy atom. The summed E-state index contributed by atoms with van der Waals surface area (Å²) in [4.78, 5) is 36.6. The number of rotatable bonds is 5. The van der Waals surface area contributed by atoms with Crippen molar-refractivity contribution in [3.63, 3.8) is 0 Å². The van der Waals surface area contributed by atoms with Crippen LogP contribution in [0.5, 0.6) is 5.75 Å². The third kappa shape index (κ3) is 3.41. The van der Waals surface area contributed by atoms with Gasteiger partial charge in [-0.3, -0.25) is 19.5 Å². The molecule has 1 aromatic heterocycles. The number of carbonyl (C=O) groups is 2. The second-order valence-electron chi connectivity index (χ2n) is 8.54. The monoisotopic (exact) mass is 453 g/mol. The van der Waals surface area contributed by atoms with Gasteiger partial charge in [0.25, 0.3) is 5.91 Å². The van der Waals surface area contributed by atoms with Gasteiger partial charge in [0.05, 0.1) is 20.3 Å². The maximum absolute atomic E-state index is 13.6. The van der Waals surface area contributed by atoms with E-state index in [0.717, 1.165) is 35.9 Å². The van der Waals surface area contributed by atoms with Gasteiger partial charge in [-0.2, -0.15) is 4.57 Å². The average Bonchev–Trinajstić information content (AvgIpc) is 3.33. The molecule has 3 amide bonds. The molecule has 2 fully saturated rings. The molecule has 0 aliphatic carbocycles. The summed E-state index contributed by atoms with van der Waals surface area (Å²) in [5.41, 5.74) is 2.80. The lowest BCUT2D eigenvalue weighted by Crippen LogP contribution is -2.64. The van der Waals surface area contributed by atoms with E-state index < -0.39 is 6.04 Å². The molecule has 4 heterocycles. The van der Waals surface area contributed by atoms with Crippen molar-refractivity contribution >= 4 is 23.7 Å². The fourth-order valence-electron chi connectivity index (χ4n) is 4.77. The fraction of sp³-hybridized carbons (Fsp3) is 0.478. The van der Waals surface area contributed by atoms with Crippen molar-refractivity contribution in [1.29, 1.82) is 0 Å². The summed E-state index contributed by atoms with van der Waals surface area (Å²) in [6.45, 7) is 7.94. The Bertz CT molecular complexity index is 1150. The lowest BCUT2D eigenvalue weighted by atomic mass is 10.1. The zero-order chi connectivity index (χ0) is 23.3. The van der Waals surface area contributed by atoms with Crippen LogP contribution in [0.15, 0.2) is 29.3 Å². The number of imide groups is 1. The standard InChI is InChI=1S/C23H29N6O4/c1-15-16(2)29-19-20(24-22(29)28(15)17-6-5-7-18(14-17)32-4)25(3)23(31)27(21(19)30)9-8-26-10-12-33-13-11-26/h5-7,14,19H,8-13H2,1-4H3/q+1. The van der Waals surface area contributed by atoms with Crippen LogP contribution in [0.2, 0.25) is 0 Å². The van der Waals surface area contributed by atoms with Crippen molar-refractivity contribution in [2.24, 2.45) is 4.99 Å². The van der Waals surface area contributed by atoms with Gasteiger partial charge in [0.1, 0.15) is 22.8 Å². The number of amidine groups is 1. The van der Waals surface area contributed by atoms with Crippen LogP contribution >= 0.6 is 0 Å². The topological polar surface area (TPSA) is 83.5 Å². The van der Waals surface area contributed by atoms with Crippen LogP contribution in [0.3, 0.4) is 0 Å². The summed E-state index contributed by atoms with van der Waals surface area (Å²) in [6.07, 6.45) is 0. The van der Waals surface area contributed by atoms with E-state index in [0.29, 0.717) is 38.1 Å². The summed E-state index contributed by atoms with van der Waals surface area (Å²) in [5, 5.41) is 0. The Kier molecular flexibility index (Phi) is 5.41. The van der Waals surface area contributed by atoms with E-state index in [9.17, 15) is 9.59 Å². The number of amides is 3. The van der Waals surface area contributed by atoms with Crippen LogP contribution in [0.1, 0.15) is 17.4 Å². The first-order chi connectivity index (χ1) is 15.9. The zero-order valence-corrected chi connectivity index (χ0v) is 19.4. The molecule has 0 radical (unpaired) electrons. The summed E-state index contributed by atoms with van der Waals surface area (Å²) in [7, 11) is 3.32. The number of fused-ring (bicyclic) bond motifs is 3. The highest BCUT2D eigenvalue weighted by Gasteiger charge is 2.54. The Balaban J connectivity index is 1.51. The molecule has 5 rings (SSSR count). The maximum atomic E-state index is 13.6. The smallest absolute Gasteiger partial charge is 0.407 e. The summed E-state index contributed by atoms with van der Waals surface area (Å²) in [6, 6.07) is 6.72. The molecule has 0 N–H and O–H groups in total. The highest BCUT2D eigenvalue weighted by Crippen LogP contribution is 2.33. The van der Waals surface area contributed by atoms with Gasteiger partial charge < -0.3 is 9.47 Å². The number of ether oxygens (including phenoxy) is 2. The molecule has 2 saturated heterocycles. The van der Waals surface area contributed by atoms with Gasteiger partial charge in [-0.1, -0.05) is 11.1 Å². The van der Waals surface area contributed by atoms with Crippen LogP contribution in [-0.4, -0.2) is 90.6 Å². The van der Waals surface area contributed by atoms with Crippen molar-refractivity contribution in [3.05, 3.63) is 35.7 Å². The van der Waals surface area contributed by atoms with Gasteiger partial charge in [-0.25, -0.2) is 9.36 Å². The second kappa shape index (κ2) is 8.27. The first kappa shape index (κ1) is 21.6. The third-order valence-corrected chi connectivity index (χ3v) is 6.77. The van der Waals surface area contributed by atoms with Crippen LogP contribution in [0, 0.1) is 13.8 Å². The van der Waals surface area contributed by atoms with Gasteiger partial charge >= 0.3 is 12.0 Å². The molecule has 10 nitrogen and oxygen atoms in total. The number of carbonyl (C=O) groups excluding carboxylic acids is 2. The van der Waals surface area contributed by atoms with Gasteiger partial charge in [0.2, 0.25) is 11.9 Å². The van der Waals surface area contributed by atoms with E-state index in [2.05, 4.69) is 4.90 Å². The number of morpholine rings is 1. The molecule has 1 aromatic carbocycles. The van der Waals surface area contributed by atoms with Gasteiger partial charge in [-0.05, 0) is 26.0 Å². The molecule has 10 heteroatoms. The first-order valence-electron chi connectivity index (χ1n) is 11.2. The second-order valence-corrected chi connectivity index (χ2v) is 8.54. The van der Waals surface area contributed by atoms with Crippen molar-refractivity contribution in [2.45, 2.75) is 19.9 Å². The van der Waals surface area contributed by atoms with Crippen molar-refractivity contribution in [2.75, 3.05) is 53.6 Å². The molecule has 0 spiro atoms. The molecule has 1 atom stereocenters. The molecule has 0 saturated carbocycles. The van der Waals surface area contributed by atoms with Crippen molar-refractivity contribution in [1.82, 2.24) is 19.3 Å². The summed E-state index contributed by atoms with van der Waals surface area (Å²) < 4.78 is 14.7. The predicted octanol–water partition coefficient (Wildman–Crippen LogP) is 1.20. The number of benzene rings is 1. The van der Waals surface area contributed by atoms with Crippen molar-refractivity contribution in [3.8, 4) is 11.4 Å². The minimum absolute atomic E-state index is 0.236. The van der Waals surface area contributed by atoms with Gasteiger partial charge in [0, 0.05) is 39.3 Å². The number of aromatic nitrogens is 2. The molecule has 174 valence electrons. The number of imidazole rings is 1. The van der Waals surface area contributed by atoms with Crippen molar-refractivity contribution < 1.29 is 23.6 Å². The molecule has 3 aliphatic rings. The average molecular weight is 454 g/mol. The Morgan fingerprint density at radius 2 is 1.94 bits per heavy atom. The Hall–Kier alpha value is -3.24. The molecule has 3 aliphatic heterocycles. The minimum atomic E-state index is -0.655. The van der Waals surface area contributed by atoms with E-state index in [-0.39, 0.29) is 11.9 Å². The summed E-state index contributed by atoms with van der Waals surface area (Å²) in [5.74, 6) is 1.58. The van der Waals surface area contributed by atoms with E-state index in [1.807, 2.05) is 47.2 Å². The Morgan fingerprint density at radius 3 is 2.67 bits per heavy atom. The largest absolute Gasteiger partial charge is 0.497 e. The number of hydrogen-bond donors (Lipinski definition) is 0. The van der Waals surface area contributed by atoms with Gasteiger partial charge in [-0.15, -0.1) is 0 Å². The fourth-order valence-corrected chi connectivity index (χ4v) is 4.77. The Labute approximate surface area is 192 Å². The number of urea groups is 1. The van der Waals surface area contributed by atoms with E-state index >= 15 is 0 Å². The molecular weight excluding hydrogens is 424 g/mol. The number of methoxy groups -OCH3 is 1. The minimum Gasteiger partial charge on any atom is -0.497 e. The van der Waals surface area contributed by atoms with Crippen LogP contribution in [0.25, 0.3) is 5.69 Å². The number of nitrogens with zero attached hydrogens (tertiary/aromatic N) is 6. The zero-order valence-electron chi connectivity index (χ0n) is 19.4. The van der Waals surface area contributed by atoms with Gasteiger partial charge in [0.15, 0.2) is 0 Å². The molecule has 0 bridgehead atoms. The van der Waals surface area contributed by atoms with Crippen LogP contribution < -0.4 is 9.30 Å². The number of hydrogen-bond acceptors (Lipinski definition) is 6. The van der Waals surface area contributed by atoms with E-state index in [1.54, 1.807) is 14.2 Å². The predicted molar refractivity (Wildman–Crippen MR) is 120 cm³/mol. The van der Waals surface area contributed by atoms with E-state index in [4.69, 9.17) is 14.5 Å². The first-order valence-corrected chi connectivity index (χ1v) is 11.2. The summed E-state index contributed by atoms with van der Waals surface area (Å²) >= 11 is 0. The molecule has 2 aromatic rings. The lowest BCUT2D eigenvalue weighted by Gasteiger charge is -2.35. The highest BCUT2D eigenvalue weighted by molar-refractivity contribution is 6.19. The van der Waals surface area contributed by atoms with E-state index in [1.165, 1.54) is 9.80 Å². The molecule has 1 unspecified atom stereocenters. The highest BCUT2D eigenvalue weighted by atomic mass is 16.5. The molecular formula is C23H29N6O4+. The van der Waals surface area contributed by atoms with Crippen LogP contribution in [0.4, 0.5) is 10.7 Å². The normalized spacial score (nSPS) is 20.7. The maximum Gasteiger partial charge on any atom is 0.407 e. The quantitative estimate of drug-likeness (QED) is 0.636.